The van der Waals surface area contributed by atoms with Gasteiger partial charge in [-0.3, -0.25) is 19.0 Å². The van der Waals surface area contributed by atoms with Gasteiger partial charge >= 0.3 is 5.97 Å². The van der Waals surface area contributed by atoms with Crippen molar-refractivity contribution >= 4 is 28.6 Å². The molecule has 10 heteroatoms. The van der Waals surface area contributed by atoms with Gasteiger partial charge in [0.25, 0.3) is 11.4 Å². The number of hydrogen-bond donors (Lipinski definition) is 1. The lowest BCUT2D eigenvalue weighted by Gasteiger charge is -2.20. The second-order valence-corrected chi connectivity index (χ2v) is 9.32. The molecule has 0 aliphatic carbocycles. The molecule has 2 heterocycles. The van der Waals surface area contributed by atoms with Crippen LogP contribution < -0.4 is 10.9 Å². The molecule has 0 unspecified atom stereocenters. The summed E-state index contributed by atoms with van der Waals surface area (Å²) >= 11 is 0. The largest absolute Gasteiger partial charge is 0.465 e. The summed E-state index contributed by atoms with van der Waals surface area (Å²) < 4.78 is 11.5. The van der Waals surface area contributed by atoms with Crippen molar-refractivity contribution in [2.45, 2.75) is 39.8 Å². The summed E-state index contributed by atoms with van der Waals surface area (Å²) in [4.78, 5) is 51.5. The number of hydrogen-bond acceptors (Lipinski definition) is 8. The van der Waals surface area contributed by atoms with Crippen LogP contribution in [0.2, 0.25) is 0 Å². The topological polar surface area (TPSA) is 133 Å². The van der Waals surface area contributed by atoms with Crippen LogP contribution in [0.1, 0.15) is 51.9 Å². The molecule has 0 spiro atoms. The van der Waals surface area contributed by atoms with Crippen LogP contribution in [0.4, 0.5) is 0 Å². The Morgan fingerprint density at radius 2 is 1.82 bits per heavy atom. The monoisotopic (exact) mass is 516 g/mol. The number of nitrogens with one attached hydrogen (secondary N) is 1. The van der Waals surface area contributed by atoms with E-state index in [4.69, 9.17) is 9.15 Å². The van der Waals surface area contributed by atoms with Crippen molar-refractivity contribution < 1.29 is 23.5 Å². The van der Waals surface area contributed by atoms with Crippen LogP contribution in [-0.2, 0) is 22.5 Å². The van der Waals surface area contributed by atoms with Crippen LogP contribution in [0.15, 0.2) is 63.8 Å². The van der Waals surface area contributed by atoms with Gasteiger partial charge in [0.05, 0.1) is 25.1 Å². The molecule has 10 nitrogen and oxygen atoms in total. The minimum atomic E-state index is -0.972. The smallest absolute Gasteiger partial charge is 0.343 e. The summed E-state index contributed by atoms with van der Waals surface area (Å²) in [6.45, 7) is 5.10. The number of para-hydroxylation sites is 1. The van der Waals surface area contributed by atoms with E-state index in [-0.39, 0.29) is 23.3 Å². The number of fused-ring (bicyclic) bond motifs is 1. The average Bonchev–Trinajstić information content (AvgIpc) is 3.36. The quantitative estimate of drug-likeness (QED) is 0.265. The third-order valence-corrected chi connectivity index (χ3v) is 6.09. The first-order valence-electron chi connectivity index (χ1n) is 12.1. The fourth-order valence-electron chi connectivity index (χ4n) is 4.19. The van der Waals surface area contributed by atoms with Crippen LogP contribution in [-0.4, -0.2) is 45.6 Å². The number of aromatic nitrogens is 3. The maximum Gasteiger partial charge on any atom is 0.343 e. The van der Waals surface area contributed by atoms with E-state index in [1.54, 1.807) is 38.1 Å². The Labute approximate surface area is 218 Å². The lowest BCUT2D eigenvalue weighted by Crippen LogP contribution is -2.46. The molecule has 0 aliphatic rings. The number of Topliss-reactive ketones (excluding diaryl/α,β-unsaturated/α-hetero) is 1. The Hall–Kier alpha value is -4.60. The van der Waals surface area contributed by atoms with Gasteiger partial charge in [0.15, 0.2) is 0 Å². The lowest BCUT2D eigenvalue weighted by molar-refractivity contribution is -0.122. The fraction of sp³-hybridized carbons (Fsp3) is 0.286. The summed E-state index contributed by atoms with van der Waals surface area (Å²) in [5, 5.41) is 11.2. The average molecular weight is 517 g/mol. The van der Waals surface area contributed by atoms with Gasteiger partial charge in [-0.25, -0.2) is 4.79 Å². The predicted octanol–water partition coefficient (Wildman–Crippen LogP) is 3.09. The highest BCUT2D eigenvalue weighted by Gasteiger charge is 2.30. The first-order chi connectivity index (χ1) is 18.2. The van der Waals surface area contributed by atoms with E-state index in [0.29, 0.717) is 17.3 Å². The van der Waals surface area contributed by atoms with E-state index in [0.717, 1.165) is 11.1 Å². The molecule has 0 saturated carbocycles. The number of nitrogens with zero attached hydrogens (tertiary/aromatic N) is 3. The summed E-state index contributed by atoms with van der Waals surface area (Å²) in [5.74, 6) is -2.16. The van der Waals surface area contributed by atoms with Gasteiger partial charge in [0.1, 0.15) is 12.1 Å². The molecule has 1 N–H and O–H groups in total. The van der Waals surface area contributed by atoms with Crippen LogP contribution >= 0.6 is 0 Å². The van der Waals surface area contributed by atoms with Crippen molar-refractivity contribution in [1.82, 2.24) is 20.1 Å². The summed E-state index contributed by atoms with van der Waals surface area (Å²) in [6.07, 6.45) is 0.368. The van der Waals surface area contributed by atoms with Crippen LogP contribution in [0.25, 0.3) is 10.9 Å². The highest BCUT2D eigenvalue weighted by Crippen LogP contribution is 2.16. The minimum Gasteiger partial charge on any atom is -0.465 e. The number of aryl methyl sites for hydroxylation is 1. The number of esters is 1. The molecule has 4 aromatic rings. The van der Waals surface area contributed by atoms with Crippen LogP contribution in [0, 0.1) is 12.8 Å². The highest BCUT2D eigenvalue weighted by molar-refractivity contribution is 5.99. The Morgan fingerprint density at radius 3 is 2.53 bits per heavy atom. The van der Waals surface area contributed by atoms with E-state index < -0.39 is 35.8 Å². The molecule has 0 bridgehead atoms. The Kier molecular flexibility index (Phi) is 7.80. The van der Waals surface area contributed by atoms with E-state index >= 15 is 0 Å². The normalized spacial score (nSPS) is 11.9. The zero-order chi connectivity index (χ0) is 27.4. The summed E-state index contributed by atoms with van der Waals surface area (Å²) in [5.41, 5.74) is 1.65. The van der Waals surface area contributed by atoms with Gasteiger partial charge in [-0.05, 0) is 35.9 Å². The molecular formula is C28H28N4O6. The maximum atomic E-state index is 13.2. The van der Waals surface area contributed by atoms with Gasteiger partial charge in [-0.1, -0.05) is 61.9 Å². The molecule has 1 amide bonds. The Bertz CT molecular complexity index is 1570. The molecular weight excluding hydrogens is 488 g/mol. The lowest BCUT2D eigenvalue weighted by atomic mass is 9.99. The van der Waals surface area contributed by atoms with E-state index in [9.17, 15) is 19.2 Å². The summed E-state index contributed by atoms with van der Waals surface area (Å²) in [7, 11) is 1.18. The second kappa shape index (κ2) is 11.2. The second-order valence-electron chi connectivity index (χ2n) is 9.32. The maximum absolute atomic E-state index is 13.2. The molecule has 196 valence electrons. The molecule has 1 atom stereocenters. The first-order valence-corrected chi connectivity index (χ1v) is 12.1. The highest BCUT2D eigenvalue weighted by atomic mass is 16.5. The summed E-state index contributed by atoms with van der Waals surface area (Å²) in [6, 6.07) is 15.1. The van der Waals surface area contributed by atoms with Gasteiger partial charge in [-0.2, -0.15) is 0 Å². The number of ketones is 1. The number of methoxy groups -OCH3 is 1. The van der Waals surface area contributed by atoms with Gasteiger partial charge < -0.3 is 14.5 Å². The van der Waals surface area contributed by atoms with E-state index in [1.165, 1.54) is 17.7 Å². The van der Waals surface area contributed by atoms with Crippen molar-refractivity contribution in [3.63, 3.8) is 0 Å². The minimum absolute atomic E-state index is 0.192. The van der Waals surface area contributed by atoms with Crippen molar-refractivity contribution in [2.75, 3.05) is 7.11 Å². The third kappa shape index (κ3) is 5.69. The number of carbonyl (C=O) groups excluding carboxylic acids is 3. The standard InChI is InChI=1S/C28H28N4O6/c1-16(2)24(25(34)26-31-30-23(38-26)13-18-9-7-8-17(3)12-18)29-22(33)15-32-21-11-6-5-10-19(21)14-20(27(32)35)28(36)37-4/h5-12,14,16,24H,13,15H2,1-4H3,(H,29,33)/t24-/m0/s1. The van der Waals surface area contributed by atoms with E-state index in [2.05, 4.69) is 15.5 Å². The fourth-order valence-corrected chi connectivity index (χ4v) is 4.19. The van der Waals surface area contributed by atoms with Crippen molar-refractivity contribution in [3.8, 4) is 0 Å². The van der Waals surface area contributed by atoms with Gasteiger partial charge in [-0.15, -0.1) is 10.2 Å². The Morgan fingerprint density at radius 1 is 1.05 bits per heavy atom. The molecule has 0 fully saturated rings. The number of amides is 1. The molecule has 4 rings (SSSR count). The SMILES string of the molecule is COC(=O)c1cc2ccccc2n(CC(=O)N[C@H](C(=O)c2nnc(Cc3cccc(C)c3)o2)C(C)C)c1=O. The Balaban J connectivity index is 1.55. The van der Waals surface area contributed by atoms with Gasteiger partial charge in [0, 0.05) is 0 Å². The molecule has 0 saturated heterocycles. The van der Waals surface area contributed by atoms with E-state index in [1.807, 2.05) is 31.2 Å². The number of rotatable bonds is 9. The molecule has 0 aliphatic heterocycles. The number of pyridine rings is 1. The number of benzene rings is 2. The van der Waals surface area contributed by atoms with Crippen molar-refractivity contribution in [2.24, 2.45) is 5.92 Å². The molecule has 38 heavy (non-hydrogen) atoms. The third-order valence-electron chi connectivity index (χ3n) is 6.09. The van der Waals surface area contributed by atoms with Crippen molar-refractivity contribution in [3.05, 3.63) is 93.4 Å². The van der Waals surface area contributed by atoms with Gasteiger partial charge in [0.2, 0.25) is 17.6 Å². The van der Waals surface area contributed by atoms with Crippen LogP contribution in [0.5, 0.6) is 0 Å². The molecule has 2 aromatic carbocycles. The van der Waals surface area contributed by atoms with Crippen LogP contribution in [0.3, 0.4) is 0 Å². The molecule has 0 radical (unpaired) electrons. The number of carbonyl (C=O) groups is 3. The zero-order valence-electron chi connectivity index (χ0n) is 21.6. The number of ether oxygens (including phenoxy) is 1. The molecule has 2 aromatic heterocycles. The van der Waals surface area contributed by atoms with Crippen molar-refractivity contribution in [1.29, 1.82) is 0 Å². The first kappa shape index (κ1) is 26.5. The predicted molar refractivity (Wildman–Crippen MR) is 139 cm³/mol. The zero-order valence-corrected chi connectivity index (χ0v) is 21.6.